The molecule has 3 nitrogen and oxygen atoms in total. The minimum absolute atomic E-state index is 0.00578. The molecule has 0 fully saturated rings. The third-order valence-corrected chi connectivity index (χ3v) is 3.09. The molecule has 0 heterocycles. The van der Waals surface area contributed by atoms with E-state index in [1.165, 1.54) is 0 Å². The summed E-state index contributed by atoms with van der Waals surface area (Å²) in [7, 11) is 0. The number of rotatable bonds is 8. The molecule has 0 aliphatic heterocycles. The average molecular weight is 326 g/mol. The highest BCUT2D eigenvalue weighted by Crippen LogP contribution is 2.29. The van der Waals surface area contributed by atoms with E-state index >= 15 is 0 Å². The molecule has 2 N–H and O–H groups in total. The topological polar surface area (TPSA) is 44.5 Å². The lowest BCUT2D eigenvalue weighted by Crippen LogP contribution is -2.22. The molecule has 1 aromatic carbocycles. The lowest BCUT2D eigenvalue weighted by Gasteiger charge is -2.16. The Labute approximate surface area is 127 Å². The second-order valence-corrected chi connectivity index (χ2v) is 5.02. The molecule has 21 heavy (non-hydrogen) atoms. The van der Waals surface area contributed by atoms with Crippen LogP contribution >= 0.6 is 11.6 Å². The maximum Gasteiger partial charge on any atom is 0.411 e. The number of para-hydroxylation sites is 1. The van der Waals surface area contributed by atoms with E-state index < -0.39 is 12.8 Å². The Balaban J connectivity index is 2.53. The van der Waals surface area contributed by atoms with E-state index in [0.29, 0.717) is 17.2 Å². The molecule has 0 radical (unpaired) electrons. The fourth-order valence-corrected chi connectivity index (χ4v) is 1.94. The Bertz CT molecular complexity index is 441. The van der Waals surface area contributed by atoms with Crippen LogP contribution in [0.15, 0.2) is 18.2 Å². The zero-order chi connectivity index (χ0) is 15.9. The van der Waals surface area contributed by atoms with Crippen molar-refractivity contribution in [3.63, 3.8) is 0 Å². The van der Waals surface area contributed by atoms with E-state index in [9.17, 15) is 13.2 Å². The first-order valence-electron chi connectivity index (χ1n) is 6.63. The predicted octanol–water partition coefficient (Wildman–Crippen LogP) is 3.58. The van der Waals surface area contributed by atoms with Gasteiger partial charge in [0.2, 0.25) is 0 Å². The molecule has 0 saturated heterocycles. The Morgan fingerprint density at radius 2 is 2.00 bits per heavy atom. The Kier molecular flexibility index (Phi) is 7.28. The molecule has 0 aromatic heterocycles. The van der Waals surface area contributed by atoms with Gasteiger partial charge in [-0.05, 0) is 24.5 Å². The van der Waals surface area contributed by atoms with Gasteiger partial charge in [-0.25, -0.2) is 0 Å². The molecule has 0 saturated carbocycles. The summed E-state index contributed by atoms with van der Waals surface area (Å²) in [6.07, 6.45) is -2.93. The van der Waals surface area contributed by atoms with Crippen LogP contribution < -0.4 is 10.5 Å². The van der Waals surface area contributed by atoms with Crippen molar-refractivity contribution in [1.82, 2.24) is 0 Å². The molecule has 0 spiro atoms. The number of hydrogen-bond donors (Lipinski definition) is 1. The minimum atomic E-state index is -4.33. The highest BCUT2D eigenvalue weighted by atomic mass is 35.5. The summed E-state index contributed by atoms with van der Waals surface area (Å²) in [6, 6.07) is 5.27. The number of nitrogens with two attached hydrogens (primary N) is 1. The third-order valence-electron chi connectivity index (χ3n) is 2.79. The van der Waals surface area contributed by atoms with Crippen LogP contribution in [-0.2, 0) is 11.2 Å². The molecule has 0 bridgehead atoms. The van der Waals surface area contributed by atoms with Crippen molar-refractivity contribution in [2.75, 3.05) is 19.8 Å². The van der Waals surface area contributed by atoms with Crippen molar-refractivity contribution in [3.8, 4) is 5.75 Å². The molecule has 1 atom stereocenters. The maximum absolute atomic E-state index is 11.9. The number of alkyl halides is 3. The molecular formula is C14H19ClF3NO2. The first-order chi connectivity index (χ1) is 9.83. The van der Waals surface area contributed by atoms with E-state index in [1.807, 2.05) is 13.0 Å². The molecule has 120 valence electrons. The molecular weight excluding hydrogens is 307 g/mol. The third kappa shape index (κ3) is 7.02. The van der Waals surface area contributed by atoms with Crippen LogP contribution in [0.2, 0.25) is 5.02 Å². The molecule has 0 aliphatic carbocycles. The van der Waals surface area contributed by atoms with Crippen LogP contribution in [-0.4, -0.2) is 32.0 Å². The molecule has 1 aromatic rings. The van der Waals surface area contributed by atoms with Gasteiger partial charge in [0, 0.05) is 6.04 Å². The number of benzene rings is 1. The summed E-state index contributed by atoms with van der Waals surface area (Å²) in [5.74, 6) is 0.457. The standard InChI is InChI=1S/C14H19ClF3NO2/c1-2-11(19)8-10-4-3-5-12(15)13(10)21-7-6-20-9-14(16,17)18/h3-5,11H,2,6-9,19H2,1H3. The van der Waals surface area contributed by atoms with Crippen molar-refractivity contribution in [1.29, 1.82) is 0 Å². The van der Waals surface area contributed by atoms with Crippen LogP contribution in [0.25, 0.3) is 0 Å². The summed E-state index contributed by atoms with van der Waals surface area (Å²) >= 11 is 6.05. The van der Waals surface area contributed by atoms with Gasteiger partial charge in [-0.3, -0.25) is 0 Å². The van der Waals surface area contributed by atoms with Gasteiger partial charge in [0.25, 0.3) is 0 Å². The van der Waals surface area contributed by atoms with Crippen molar-refractivity contribution in [2.45, 2.75) is 32.0 Å². The van der Waals surface area contributed by atoms with Crippen LogP contribution in [0.3, 0.4) is 0 Å². The first kappa shape index (κ1) is 18.1. The van der Waals surface area contributed by atoms with Crippen LogP contribution in [0.5, 0.6) is 5.75 Å². The van der Waals surface area contributed by atoms with Gasteiger partial charge >= 0.3 is 6.18 Å². The maximum atomic E-state index is 11.9. The summed E-state index contributed by atoms with van der Waals surface area (Å²) in [5.41, 5.74) is 6.74. The summed E-state index contributed by atoms with van der Waals surface area (Å²) in [6.45, 7) is 0.519. The zero-order valence-corrected chi connectivity index (χ0v) is 12.5. The van der Waals surface area contributed by atoms with E-state index in [0.717, 1.165) is 12.0 Å². The van der Waals surface area contributed by atoms with Gasteiger partial charge in [0.15, 0.2) is 0 Å². The Hall–Kier alpha value is -0.980. The predicted molar refractivity (Wildman–Crippen MR) is 75.8 cm³/mol. The van der Waals surface area contributed by atoms with E-state index in [2.05, 4.69) is 4.74 Å². The van der Waals surface area contributed by atoms with Crippen LogP contribution in [0.1, 0.15) is 18.9 Å². The van der Waals surface area contributed by atoms with E-state index in [4.69, 9.17) is 22.1 Å². The fourth-order valence-electron chi connectivity index (χ4n) is 1.69. The SMILES string of the molecule is CCC(N)Cc1cccc(Cl)c1OCCOCC(F)(F)F. The highest BCUT2D eigenvalue weighted by Gasteiger charge is 2.27. The normalized spacial score (nSPS) is 13.2. The minimum Gasteiger partial charge on any atom is -0.489 e. The van der Waals surface area contributed by atoms with E-state index in [1.54, 1.807) is 12.1 Å². The van der Waals surface area contributed by atoms with Gasteiger partial charge in [0.1, 0.15) is 19.0 Å². The number of halogens is 4. The van der Waals surface area contributed by atoms with Crippen molar-refractivity contribution >= 4 is 11.6 Å². The monoisotopic (exact) mass is 325 g/mol. The zero-order valence-electron chi connectivity index (χ0n) is 11.8. The number of hydrogen-bond acceptors (Lipinski definition) is 3. The quantitative estimate of drug-likeness (QED) is 0.743. The Morgan fingerprint density at radius 1 is 1.29 bits per heavy atom. The van der Waals surface area contributed by atoms with Gasteiger partial charge < -0.3 is 15.2 Å². The molecule has 7 heteroatoms. The molecule has 0 amide bonds. The van der Waals surface area contributed by atoms with E-state index in [-0.39, 0.29) is 19.3 Å². The van der Waals surface area contributed by atoms with Gasteiger partial charge in [-0.1, -0.05) is 30.7 Å². The lowest BCUT2D eigenvalue weighted by atomic mass is 10.0. The van der Waals surface area contributed by atoms with Crippen molar-refractivity contribution in [2.24, 2.45) is 5.73 Å². The second-order valence-electron chi connectivity index (χ2n) is 4.62. The number of ether oxygens (including phenoxy) is 2. The van der Waals surface area contributed by atoms with Crippen LogP contribution in [0.4, 0.5) is 13.2 Å². The lowest BCUT2D eigenvalue weighted by molar-refractivity contribution is -0.175. The van der Waals surface area contributed by atoms with Crippen molar-refractivity contribution < 1.29 is 22.6 Å². The van der Waals surface area contributed by atoms with Gasteiger partial charge in [0.05, 0.1) is 11.6 Å². The van der Waals surface area contributed by atoms with Gasteiger partial charge in [-0.15, -0.1) is 0 Å². The fraction of sp³-hybridized carbons (Fsp3) is 0.571. The molecule has 1 rings (SSSR count). The summed E-state index contributed by atoms with van der Waals surface area (Å²) in [4.78, 5) is 0. The highest BCUT2D eigenvalue weighted by molar-refractivity contribution is 6.32. The largest absolute Gasteiger partial charge is 0.489 e. The van der Waals surface area contributed by atoms with Gasteiger partial charge in [-0.2, -0.15) is 13.2 Å². The smallest absolute Gasteiger partial charge is 0.411 e. The summed E-state index contributed by atoms with van der Waals surface area (Å²) in [5, 5.41) is 0.409. The van der Waals surface area contributed by atoms with Crippen molar-refractivity contribution in [3.05, 3.63) is 28.8 Å². The molecule has 1 unspecified atom stereocenters. The second kappa shape index (κ2) is 8.46. The first-order valence-corrected chi connectivity index (χ1v) is 7.01. The summed E-state index contributed by atoms with van der Waals surface area (Å²) < 4.78 is 45.7. The Morgan fingerprint density at radius 3 is 2.62 bits per heavy atom. The average Bonchev–Trinajstić information content (AvgIpc) is 2.39. The molecule has 0 aliphatic rings. The van der Waals surface area contributed by atoms with Crippen LogP contribution in [0, 0.1) is 0 Å².